The number of hydrogen-bond acceptors (Lipinski definition) is 3. The monoisotopic (exact) mass is 287 g/mol. The van der Waals surface area contributed by atoms with Gasteiger partial charge < -0.3 is 10.2 Å². The van der Waals surface area contributed by atoms with E-state index in [1.807, 2.05) is 0 Å². The molecule has 2 aliphatic rings. The number of rotatable bonds is 4. The van der Waals surface area contributed by atoms with Crippen LogP contribution in [0.1, 0.15) is 44.7 Å². The van der Waals surface area contributed by atoms with Crippen LogP contribution in [0.2, 0.25) is 0 Å². The van der Waals surface area contributed by atoms with Crippen molar-refractivity contribution in [2.75, 3.05) is 37.6 Å². The van der Waals surface area contributed by atoms with Crippen molar-refractivity contribution in [1.82, 2.24) is 10.2 Å². The maximum atomic E-state index is 3.57. The zero-order chi connectivity index (χ0) is 14.7. The van der Waals surface area contributed by atoms with E-state index in [0.29, 0.717) is 6.04 Å². The lowest BCUT2D eigenvalue weighted by Gasteiger charge is -2.30. The largest absolute Gasteiger partial charge is 0.370 e. The highest BCUT2D eigenvalue weighted by Crippen LogP contribution is 2.30. The van der Waals surface area contributed by atoms with Crippen molar-refractivity contribution in [3.63, 3.8) is 0 Å². The molecule has 1 N–H and O–H groups in total. The van der Waals surface area contributed by atoms with Gasteiger partial charge in [0.2, 0.25) is 0 Å². The van der Waals surface area contributed by atoms with Gasteiger partial charge in [0.05, 0.1) is 0 Å². The number of para-hydroxylation sites is 1. The van der Waals surface area contributed by atoms with Gasteiger partial charge in [0.1, 0.15) is 0 Å². The average molecular weight is 287 g/mol. The Labute approximate surface area is 129 Å². The number of anilines is 1. The van der Waals surface area contributed by atoms with E-state index >= 15 is 0 Å². The van der Waals surface area contributed by atoms with Gasteiger partial charge in [0, 0.05) is 37.4 Å². The highest BCUT2D eigenvalue weighted by molar-refractivity contribution is 5.55. The highest BCUT2D eigenvalue weighted by atomic mass is 15.3. The molecule has 3 heteroatoms. The van der Waals surface area contributed by atoms with Crippen LogP contribution in [0.25, 0.3) is 0 Å². The summed E-state index contributed by atoms with van der Waals surface area (Å²) in [6.07, 6.45) is 4.05. The van der Waals surface area contributed by atoms with Crippen LogP contribution in [0.4, 0.5) is 5.69 Å². The number of hydrogen-bond donors (Lipinski definition) is 1. The van der Waals surface area contributed by atoms with Crippen molar-refractivity contribution < 1.29 is 0 Å². The standard InChI is InChI=1S/C18H29N3/c1-3-19-15(2)17-9-4-5-10-18(17)21-13-7-12-20-11-6-8-16(20)14-21/h4-5,9-10,15-16,19H,3,6-8,11-14H2,1-2H3. The van der Waals surface area contributed by atoms with Crippen LogP contribution in [-0.4, -0.2) is 43.7 Å². The molecule has 3 rings (SSSR count). The molecule has 0 bridgehead atoms. The Bertz CT molecular complexity index is 460. The SMILES string of the molecule is CCNC(C)c1ccccc1N1CCCN2CCCC2C1. The molecule has 2 atom stereocenters. The fourth-order valence-electron chi connectivity index (χ4n) is 3.98. The van der Waals surface area contributed by atoms with Gasteiger partial charge in [0.15, 0.2) is 0 Å². The zero-order valence-corrected chi connectivity index (χ0v) is 13.5. The second-order valence-electron chi connectivity index (χ2n) is 6.47. The lowest BCUT2D eigenvalue weighted by Crippen LogP contribution is -2.37. The molecule has 0 aromatic heterocycles. The third-order valence-corrected chi connectivity index (χ3v) is 5.06. The maximum absolute atomic E-state index is 3.57. The first-order chi connectivity index (χ1) is 10.3. The van der Waals surface area contributed by atoms with Gasteiger partial charge in [-0.15, -0.1) is 0 Å². The van der Waals surface area contributed by atoms with Gasteiger partial charge in [-0.25, -0.2) is 0 Å². The van der Waals surface area contributed by atoms with E-state index in [1.54, 1.807) is 0 Å². The first-order valence-electron chi connectivity index (χ1n) is 8.61. The number of fused-ring (bicyclic) bond motifs is 1. The highest BCUT2D eigenvalue weighted by Gasteiger charge is 2.29. The Kier molecular flexibility index (Phi) is 4.81. The molecule has 1 aromatic rings. The topological polar surface area (TPSA) is 18.5 Å². The molecule has 21 heavy (non-hydrogen) atoms. The molecule has 2 saturated heterocycles. The van der Waals surface area contributed by atoms with Crippen LogP contribution in [0.15, 0.2) is 24.3 Å². The predicted octanol–water partition coefficient (Wildman–Crippen LogP) is 3.03. The van der Waals surface area contributed by atoms with E-state index in [0.717, 1.165) is 12.6 Å². The Balaban J connectivity index is 1.82. The van der Waals surface area contributed by atoms with Gasteiger partial charge in [-0.1, -0.05) is 25.1 Å². The van der Waals surface area contributed by atoms with Crippen LogP contribution in [-0.2, 0) is 0 Å². The van der Waals surface area contributed by atoms with E-state index in [1.165, 1.54) is 56.7 Å². The van der Waals surface area contributed by atoms with Crippen molar-refractivity contribution in [3.8, 4) is 0 Å². The minimum Gasteiger partial charge on any atom is -0.370 e. The van der Waals surface area contributed by atoms with Crippen LogP contribution in [0.5, 0.6) is 0 Å². The summed E-state index contributed by atoms with van der Waals surface area (Å²) in [5, 5.41) is 3.57. The Morgan fingerprint density at radius 2 is 2.00 bits per heavy atom. The normalized spacial score (nSPS) is 24.7. The van der Waals surface area contributed by atoms with Crippen LogP contribution < -0.4 is 10.2 Å². The molecule has 3 nitrogen and oxygen atoms in total. The van der Waals surface area contributed by atoms with Gasteiger partial charge >= 0.3 is 0 Å². The van der Waals surface area contributed by atoms with E-state index in [9.17, 15) is 0 Å². The molecule has 2 fully saturated rings. The Morgan fingerprint density at radius 1 is 1.19 bits per heavy atom. The molecule has 0 spiro atoms. The molecule has 2 heterocycles. The van der Waals surface area contributed by atoms with Crippen molar-refractivity contribution in [1.29, 1.82) is 0 Å². The molecular formula is C18H29N3. The fourth-order valence-corrected chi connectivity index (χ4v) is 3.98. The van der Waals surface area contributed by atoms with Gasteiger partial charge in [-0.2, -0.15) is 0 Å². The summed E-state index contributed by atoms with van der Waals surface area (Å²) in [7, 11) is 0. The number of nitrogens with one attached hydrogen (secondary N) is 1. The molecule has 1 aromatic carbocycles. The van der Waals surface area contributed by atoms with E-state index in [2.05, 4.69) is 53.2 Å². The summed E-state index contributed by atoms with van der Waals surface area (Å²) >= 11 is 0. The first kappa shape index (κ1) is 14.9. The van der Waals surface area contributed by atoms with Crippen molar-refractivity contribution >= 4 is 5.69 Å². The molecule has 116 valence electrons. The maximum Gasteiger partial charge on any atom is 0.0415 e. The minimum absolute atomic E-state index is 0.425. The lowest BCUT2D eigenvalue weighted by atomic mass is 10.0. The lowest BCUT2D eigenvalue weighted by molar-refractivity contribution is 0.273. The third-order valence-electron chi connectivity index (χ3n) is 5.06. The molecule has 2 unspecified atom stereocenters. The molecule has 0 radical (unpaired) electrons. The molecular weight excluding hydrogens is 258 g/mol. The van der Waals surface area contributed by atoms with Crippen molar-refractivity contribution in [2.24, 2.45) is 0 Å². The quantitative estimate of drug-likeness (QED) is 0.918. The van der Waals surface area contributed by atoms with Crippen molar-refractivity contribution in [3.05, 3.63) is 29.8 Å². The van der Waals surface area contributed by atoms with Crippen LogP contribution >= 0.6 is 0 Å². The summed E-state index contributed by atoms with van der Waals surface area (Å²) in [5.41, 5.74) is 2.89. The second kappa shape index (κ2) is 6.80. The molecule has 0 saturated carbocycles. The average Bonchev–Trinajstić information content (AvgIpc) is 2.84. The third kappa shape index (κ3) is 3.24. The minimum atomic E-state index is 0.425. The molecule has 0 aliphatic carbocycles. The van der Waals surface area contributed by atoms with Gasteiger partial charge in [-0.3, -0.25) is 4.90 Å². The fraction of sp³-hybridized carbons (Fsp3) is 0.667. The Hall–Kier alpha value is -1.06. The van der Waals surface area contributed by atoms with E-state index in [4.69, 9.17) is 0 Å². The van der Waals surface area contributed by atoms with E-state index < -0.39 is 0 Å². The van der Waals surface area contributed by atoms with Crippen LogP contribution in [0.3, 0.4) is 0 Å². The molecule has 2 aliphatic heterocycles. The summed E-state index contributed by atoms with van der Waals surface area (Å²) in [5.74, 6) is 0. The molecule has 0 amide bonds. The Morgan fingerprint density at radius 3 is 2.86 bits per heavy atom. The summed E-state index contributed by atoms with van der Waals surface area (Å²) in [6, 6.07) is 10.2. The second-order valence-corrected chi connectivity index (χ2v) is 6.47. The summed E-state index contributed by atoms with van der Waals surface area (Å²) in [4.78, 5) is 5.34. The van der Waals surface area contributed by atoms with Crippen LogP contribution in [0, 0.1) is 0 Å². The van der Waals surface area contributed by atoms with Gasteiger partial charge in [0.25, 0.3) is 0 Å². The number of benzene rings is 1. The first-order valence-corrected chi connectivity index (χ1v) is 8.61. The van der Waals surface area contributed by atoms with Crippen molar-refractivity contribution in [2.45, 2.75) is 45.2 Å². The zero-order valence-electron chi connectivity index (χ0n) is 13.5. The van der Waals surface area contributed by atoms with E-state index in [-0.39, 0.29) is 0 Å². The van der Waals surface area contributed by atoms with Gasteiger partial charge in [-0.05, 0) is 50.9 Å². The predicted molar refractivity (Wildman–Crippen MR) is 90.0 cm³/mol. The summed E-state index contributed by atoms with van der Waals surface area (Å²) in [6.45, 7) is 10.5. The smallest absolute Gasteiger partial charge is 0.0415 e. The number of nitrogens with zero attached hydrogens (tertiary/aromatic N) is 2. The summed E-state index contributed by atoms with van der Waals surface area (Å²) < 4.78 is 0.